The van der Waals surface area contributed by atoms with E-state index >= 15 is 0 Å². The molecule has 11 heteroatoms. The molecular formula is C31H35N7O3S. The molecule has 42 heavy (non-hydrogen) atoms. The molecule has 1 saturated heterocycles. The minimum atomic E-state index is -0.338. The zero-order valence-corrected chi connectivity index (χ0v) is 24.9. The Morgan fingerprint density at radius 2 is 1.95 bits per heavy atom. The zero-order chi connectivity index (χ0) is 29.6. The molecular weight excluding hydrogens is 550 g/mol. The van der Waals surface area contributed by atoms with E-state index in [1.54, 1.807) is 55.4 Å². The van der Waals surface area contributed by atoms with Crippen molar-refractivity contribution in [2.75, 3.05) is 63.3 Å². The predicted octanol–water partition coefficient (Wildman–Crippen LogP) is 4.31. The van der Waals surface area contributed by atoms with Gasteiger partial charge in [-0.15, -0.1) is 11.8 Å². The minimum absolute atomic E-state index is 0.243. The summed E-state index contributed by atoms with van der Waals surface area (Å²) in [5, 5.41) is 6.74. The summed E-state index contributed by atoms with van der Waals surface area (Å²) < 4.78 is 7.21. The molecule has 218 valence electrons. The average molecular weight is 586 g/mol. The van der Waals surface area contributed by atoms with Crippen LogP contribution in [-0.2, 0) is 4.79 Å². The van der Waals surface area contributed by atoms with E-state index in [9.17, 15) is 9.59 Å². The Hall–Kier alpha value is -4.19. The second-order valence-electron chi connectivity index (χ2n) is 10.2. The number of piperazine rings is 1. The van der Waals surface area contributed by atoms with Crippen LogP contribution in [0.25, 0.3) is 16.7 Å². The van der Waals surface area contributed by atoms with Crippen LogP contribution in [0.3, 0.4) is 0 Å². The van der Waals surface area contributed by atoms with Gasteiger partial charge >= 0.3 is 0 Å². The topological polar surface area (TPSA) is 105 Å². The zero-order valence-electron chi connectivity index (χ0n) is 24.1. The number of carbonyl (C=O) groups excluding carboxylic acids is 1. The number of hydrogen-bond acceptors (Lipinski definition) is 9. The second-order valence-corrected chi connectivity index (χ2v) is 11.3. The number of methoxy groups -OCH3 is 1. The number of likely N-dealkylation sites (N-methyl/N-ethyl adjacent to an activating group) is 1. The SMILES string of the molecule is C=CC(=O)Nc1cccc(-n2c(=O)cc(C)c3cnc(Nc4ccc(SCCN5CCN(C)CC5)cc4OC)nc32)c1. The molecule has 1 aliphatic heterocycles. The third kappa shape index (κ3) is 6.81. The van der Waals surface area contributed by atoms with Crippen molar-refractivity contribution in [3.63, 3.8) is 0 Å². The Bertz CT molecular complexity index is 1660. The van der Waals surface area contributed by atoms with Crippen LogP contribution in [0.15, 0.2) is 77.1 Å². The summed E-state index contributed by atoms with van der Waals surface area (Å²) in [5.74, 6) is 1.67. The Labute approximate surface area is 249 Å². The summed E-state index contributed by atoms with van der Waals surface area (Å²) in [4.78, 5) is 40.3. The molecule has 10 nitrogen and oxygen atoms in total. The highest BCUT2D eigenvalue weighted by atomic mass is 32.2. The van der Waals surface area contributed by atoms with Gasteiger partial charge in [-0.25, -0.2) is 4.98 Å². The molecule has 0 saturated carbocycles. The second kappa shape index (κ2) is 13.2. The number of rotatable bonds is 10. The van der Waals surface area contributed by atoms with Crippen molar-refractivity contribution in [1.29, 1.82) is 0 Å². The highest BCUT2D eigenvalue weighted by Crippen LogP contribution is 2.32. The number of nitrogens with one attached hydrogen (secondary N) is 2. The normalized spacial score (nSPS) is 14.1. The number of amides is 1. The van der Waals surface area contributed by atoms with E-state index in [-0.39, 0.29) is 11.5 Å². The van der Waals surface area contributed by atoms with Gasteiger partial charge in [0.05, 0.1) is 18.5 Å². The Morgan fingerprint density at radius 3 is 2.71 bits per heavy atom. The van der Waals surface area contributed by atoms with Gasteiger partial charge in [-0.1, -0.05) is 12.6 Å². The van der Waals surface area contributed by atoms with Crippen molar-refractivity contribution in [3.05, 3.63) is 83.3 Å². The third-order valence-corrected chi connectivity index (χ3v) is 8.19. The molecule has 2 aromatic carbocycles. The van der Waals surface area contributed by atoms with Crippen LogP contribution < -0.4 is 20.9 Å². The van der Waals surface area contributed by atoms with E-state index in [2.05, 4.69) is 45.1 Å². The van der Waals surface area contributed by atoms with Gasteiger partial charge in [0.15, 0.2) is 5.65 Å². The quantitative estimate of drug-likeness (QED) is 0.208. The van der Waals surface area contributed by atoms with Crippen molar-refractivity contribution in [3.8, 4) is 11.4 Å². The molecule has 2 N–H and O–H groups in total. The smallest absolute Gasteiger partial charge is 0.257 e. The first-order valence-corrected chi connectivity index (χ1v) is 14.7. The van der Waals surface area contributed by atoms with Gasteiger partial charge in [-0.05, 0) is 62.0 Å². The van der Waals surface area contributed by atoms with E-state index in [1.165, 1.54) is 10.6 Å². The monoisotopic (exact) mass is 585 g/mol. The number of hydrogen-bond donors (Lipinski definition) is 2. The van der Waals surface area contributed by atoms with Gasteiger partial charge in [0.2, 0.25) is 11.9 Å². The Balaban J connectivity index is 1.38. The molecule has 0 radical (unpaired) electrons. The first kappa shape index (κ1) is 29.3. The molecule has 0 spiro atoms. The fourth-order valence-corrected chi connectivity index (χ4v) is 5.77. The lowest BCUT2D eigenvalue weighted by Crippen LogP contribution is -2.45. The van der Waals surface area contributed by atoms with Gasteiger partial charge in [0, 0.05) is 66.7 Å². The number of aromatic nitrogens is 3. The number of benzene rings is 2. The van der Waals surface area contributed by atoms with Crippen LogP contribution in [0, 0.1) is 6.92 Å². The van der Waals surface area contributed by atoms with E-state index < -0.39 is 0 Å². The van der Waals surface area contributed by atoms with Crippen LogP contribution in [0.2, 0.25) is 0 Å². The highest BCUT2D eigenvalue weighted by Gasteiger charge is 2.15. The van der Waals surface area contributed by atoms with Crippen LogP contribution in [0.1, 0.15) is 5.56 Å². The predicted molar refractivity (Wildman–Crippen MR) is 170 cm³/mol. The molecule has 3 heterocycles. The summed E-state index contributed by atoms with van der Waals surface area (Å²) in [6.07, 6.45) is 2.90. The van der Waals surface area contributed by atoms with E-state index in [4.69, 9.17) is 9.72 Å². The molecule has 5 rings (SSSR count). The number of carbonyl (C=O) groups is 1. The van der Waals surface area contributed by atoms with Crippen LogP contribution in [0.5, 0.6) is 5.75 Å². The molecule has 1 amide bonds. The molecule has 4 aromatic rings. The van der Waals surface area contributed by atoms with Crippen molar-refractivity contribution in [2.45, 2.75) is 11.8 Å². The minimum Gasteiger partial charge on any atom is -0.495 e. The van der Waals surface area contributed by atoms with Crippen molar-refractivity contribution < 1.29 is 9.53 Å². The van der Waals surface area contributed by atoms with Crippen molar-refractivity contribution >= 4 is 46.0 Å². The molecule has 0 aliphatic carbocycles. The van der Waals surface area contributed by atoms with Gasteiger partial charge < -0.3 is 20.3 Å². The lowest BCUT2D eigenvalue weighted by Gasteiger charge is -2.32. The number of nitrogens with zero attached hydrogens (tertiary/aromatic N) is 5. The lowest BCUT2D eigenvalue weighted by atomic mass is 10.2. The molecule has 1 aliphatic rings. The van der Waals surface area contributed by atoms with E-state index in [0.717, 1.165) is 60.0 Å². The number of pyridine rings is 1. The van der Waals surface area contributed by atoms with Crippen LogP contribution >= 0.6 is 11.8 Å². The fourth-order valence-electron chi connectivity index (χ4n) is 4.83. The summed E-state index contributed by atoms with van der Waals surface area (Å²) in [5.41, 5.74) is 2.79. The van der Waals surface area contributed by atoms with Crippen molar-refractivity contribution in [2.24, 2.45) is 0 Å². The first-order chi connectivity index (χ1) is 20.3. The van der Waals surface area contributed by atoms with Gasteiger partial charge in [-0.2, -0.15) is 4.98 Å². The standard InChI is InChI=1S/C31H35N7O3S/c1-5-28(39)33-22-7-6-8-23(18-22)38-29(40)17-21(2)25-20-32-31(35-30(25)38)34-26-10-9-24(19-27(26)41-4)42-16-15-37-13-11-36(3)12-14-37/h5-10,17-20H,1,11-16H2,2-4H3,(H,33,39)(H,32,34,35). The van der Waals surface area contributed by atoms with Gasteiger partial charge in [-0.3, -0.25) is 19.1 Å². The molecule has 0 bridgehead atoms. The Kier molecular flexibility index (Phi) is 9.21. The molecule has 2 aromatic heterocycles. The molecule has 1 fully saturated rings. The first-order valence-electron chi connectivity index (χ1n) is 13.8. The highest BCUT2D eigenvalue weighted by molar-refractivity contribution is 7.99. The lowest BCUT2D eigenvalue weighted by molar-refractivity contribution is -0.111. The third-order valence-electron chi connectivity index (χ3n) is 7.21. The fraction of sp³-hybridized carbons (Fsp3) is 0.290. The maximum atomic E-state index is 13.2. The molecule has 0 unspecified atom stereocenters. The largest absolute Gasteiger partial charge is 0.495 e. The van der Waals surface area contributed by atoms with Crippen molar-refractivity contribution in [1.82, 2.24) is 24.3 Å². The van der Waals surface area contributed by atoms with Crippen LogP contribution in [-0.4, -0.2) is 82.9 Å². The summed E-state index contributed by atoms with van der Waals surface area (Å²) in [7, 11) is 3.81. The van der Waals surface area contributed by atoms with Gasteiger partial charge in [0.1, 0.15) is 5.75 Å². The number of aryl methyl sites for hydroxylation is 1. The van der Waals surface area contributed by atoms with E-state index in [1.807, 2.05) is 19.1 Å². The Morgan fingerprint density at radius 1 is 1.14 bits per heavy atom. The average Bonchev–Trinajstić information content (AvgIpc) is 2.99. The molecule has 0 atom stereocenters. The number of thioether (sulfide) groups is 1. The summed E-state index contributed by atoms with van der Waals surface area (Å²) in [6.45, 7) is 10.9. The maximum absolute atomic E-state index is 13.2. The van der Waals surface area contributed by atoms with Gasteiger partial charge in [0.25, 0.3) is 5.56 Å². The number of ether oxygens (including phenoxy) is 1. The summed E-state index contributed by atoms with van der Waals surface area (Å²) in [6, 6.07) is 14.6. The maximum Gasteiger partial charge on any atom is 0.257 e. The summed E-state index contributed by atoms with van der Waals surface area (Å²) >= 11 is 1.81. The number of fused-ring (bicyclic) bond motifs is 1. The number of anilines is 3. The van der Waals surface area contributed by atoms with E-state index in [0.29, 0.717) is 28.7 Å². The van der Waals surface area contributed by atoms with Crippen LogP contribution in [0.4, 0.5) is 17.3 Å².